The van der Waals surface area contributed by atoms with Crippen LogP contribution in [0.1, 0.15) is 37.0 Å². The van der Waals surface area contributed by atoms with Gasteiger partial charge >= 0.3 is 0 Å². The summed E-state index contributed by atoms with van der Waals surface area (Å²) in [6.45, 7) is 7.83. The summed E-state index contributed by atoms with van der Waals surface area (Å²) in [5.74, 6) is -0.0567. The minimum absolute atomic E-state index is 0.0567. The molecule has 2 rings (SSSR count). The molecule has 1 aromatic carbocycles. The van der Waals surface area contributed by atoms with Gasteiger partial charge in [0.1, 0.15) is 0 Å². The van der Waals surface area contributed by atoms with Crippen LogP contribution in [0.4, 0.5) is 11.4 Å². The van der Waals surface area contributed by atoms with Crippen molar-refractivity contribution in [3.8, 4) is 0 Å². The van der Waals surface area contributed by atoms with E-state index in [0.717, 1.165) is 18.8 Å². The summed E-state index contributed by atoms with van der Waals surface area (Å²) in [6.07, 6.45) is 2.46. The van der Waals surface area contributed by atoms with Gasteiger partial charge in [-0.2, -0.15) is 0 Å². The predicted octanol–water partition coefficient (Wildman–Crippen LogP) is 1.91. The molecule has 0 bridgehead atoms. The van der Waals surface area contributed by atoms with Gasteiger partial charge in [-0.25, -0.2) is 0 Å². The number of likely N-dealkylation sites (tertiary alicyclic amines) is 1. The minimum atomic E-state index is -0.0567. The molecule has 1 fully saturated rings. The minimum Gasteiger partial charge on any atom is -0.399 e. The molecule has 116 valence electrons. The first-order valence-corrected chi connectivity index (χ1v) is 7.81. The van der Waals surface area contributed by atoms with Crippen LogP contribution in [-0.4, -0.2) is 43.0 Å². The zero-order valence-corrected chi connectivity index (χ0v) is 13.0. The van der Waals surface area contributed by atoms with Crippen molar-refractivity contribution in [1.29, 1.82) is 0 Å². The Bertz CT molecular complexity index is 489. The van der Waals surface area contributed by atoms with Gasteiger partial charge in [0.25, 0.3) is 5.91 Å². The van der Waals surface area contributed by atoms with Crippen LogP contribution in [0.5, 0.6) is 0 Å². The molecule has 1 saturated heterocycles. The normalized spacial score (nSPS) is 18.7. The van der Waals surface area contributed by atoms with E-state index in [9.17, 15) is 4.79 Å². The van der Waals surface area contributed by atoms with Crippen molar-refractivity contribution in [2.24, 2.45) is 0 Å². The van der Waals surface area contributed by atoms with Gasteiger partial charge in [-0.1, -0.05) is 6.92 Å². The smallest absolute Gasteiger partial charge is 0.253 e. The predicted molar refractivity (Wildman–Crippen MR) is 87.6 cm³/mol. The highest BCUT2D eigenvalue weighted by Crippen LogP contribution is 2.22. The number of hydrogen-bond donors (Lipinski definition) is 3. The van der Waals surface area contributed by atoms with Gasteiger partial charge < -0.3 is 16.4 Å². The van der Waals surface area contributed by atoms with Gasteiger partial charge in [-0.3, -0.25) is 9.69 Å². The van der Waals surface area contributed by atoms with Crippen LogP contribution in [0.25, 0.3) is 0 Å². The lowest BCUT2D eigenvalue weighted by Gasteiger charge is -2.24. The first-order chi connectivity index (χ1) is 10.2. The zero-order chi connectivity index (χ0) is 15.2. The molecule has 1 heterocycles. The van der Waals surface area contributed by atoms with Crippen molar-refractivity contribution in [1.82, 2.24) is 10.2 Å². The second-order valence-corrected chi connectivity index (χ2v) is 5.47. The molecule has 5 nitrogen and oxygen atoms in total. The SMILES string of the molecule is CCNC(=O)c1ccc(N)cc1NCC1CCCN1CC. The quantitative estimate of drug-likeness (QED) is 0.700. The Morgan fingerprint density at radius 2 is 2.24 bits per heavy atom. The zero-order valence-electron chi connectivity index (χ0n) is 13.0. The Labute approximate surface area is 126 Å². The molecule has 1 aromatic rings. The number of benzene rings is 1. The molecule has 0 radical (unpaired) electrons. The Kier molecular flexibility index (Phi) is 5.44. The van der Waals surface area contributed by atoms with Crippen LogP contribution in [0.2, 0.25) is 0 Å². The maximum atomic E-state index is 12.1. The third kappa shape index (κ3) is 3.88. The van der Waals surface area contributed by atoms with Gasteiger partial charge in [0, 0.05) is 30.5 Å². The fraction of sp³-hybridized carbons (Fsp3) is 0.562. The number of rotatable bonds is 6. The number of carbonyl (C=O) groups is 1. The topological polar surface area (TPSA) is 70.4 Å². The van der Waals surface area contributed by atoms with E-state index in [4.69, 9.17) is 5.73 Å². The maximum absolute atomic E-state index is 12.1. The summed E-state index contributed by atoms with van der Waals surface area (Å²) < 4.78 is 0. The Balaban J connectivity index is 2.07. The lowest BCUT2D eigenvalue weighted by atomic mass is 10.1. The van der Waals surface area contributed by atoms with E-state index in [2.05, 4.69) is 22.5 Å². The number of nitrogens with one attached hydrogen (secondary N) is 2. The van der Waals surface area contributed by atoms with Crippen LogP contribution in [-0.2, 0) is 0 Å². The van der Waals surface area contributed by atoms with Crippen LogP contribution >= 0.6 is 0 Å². The van der Waals surface area contributed by atoms with Crippen LogP contribution in [0.3, 0.4) is 0 Å². The van der Waals surface area contributed by atoms with E-state index in [-0.39, 0.29) is 5.91 Å². The lowest BCUT2D eigenvalue weighted by Crippen LogP contribution is -2.35. The van der Waals surface area contributed by atoms with Crippen molar-refractivity contribution < 1.29 is 4.79 Å². The molecule has 0 aliphatic carbocycles. The van der Waals surface area contributed by atoms with E-state index >= 15 is 0 Å². The molecule has 1 aliphatic heterocycles. The van der Waals surface area contributed by atoms with E-state index < -0.39 is 0 Å². The summed E-state index contributed by atoms with van der Waals surface area (Å²) in [7, 11) is 0. The van der Waals surface area contributed by atoms with Gasteiger partial charge in [-0.05, 0) is 51.1 Å². The lowest BCUT2D eigenvalue weighted by molar-refractivity contribution is 0.0956. The maximum Gasteiger partial charge on any atom is 0.253 e. The van der Waals surface area contributed by atoms with Crippen LogP contribution in [0, 0.1) is 0 Å². The average Bonchev–Trinajstić information content (AvgIpc) is 2.92. The standard InChI is InChI=1S/C16H26N4O/c1-3-18-16(21)14-8-7-12(17)10-15(14)19-11-13-6-5-9-20(13)4-2/h7-8,10,13,19H,3-6,9,11,17H2,1-2H3,(H,18,21). The molecule has 5 heteroatoms. The Hall–Kier alpha value is -1.75. The molecule has 21 heavy (non-hydrogen) atoms. The second kappa shape index (κ2) is 7.31. The van der Waals surface area contributed by atoms with Gasteiger partial charge in [0.05, 0.1) is 5.56 Å². The number of carbonyl (C=O) groups excluding carboxylic acids is 1. The monoisotopic (exact) mass is 290 g/mol. The number of amides is 1. The van der Waals surface area contributed by atoms with Crippen LogP contribution < -0.4 is 16.4 Å². The van der Waals surface area contributed by atoms with Gasteiger partial charge in [-0.15, -0.1) is 0 Å². The number of hydrogen-bond acceptors (Lipinski definition) is 4. The largest absolute Gasteiger partial charge is 0.399 e. The fourth-order valence-electron chi connectivity index (χ4n) is 2.93. The molecule has 1 amide bonds. The molecule has 1 aliphatic rings. The number of anilines is 2. The summed E-state index contributed by atoms with van der Waals surface area (Å²) in [6, 6.07) is 5.94. The highest BCUT2D eigenvalue weighted by molar-refractivity contribution is 6.00. The summed E-state index contributed by atoms with van der Waals surface area (Å²) >= 11 is 0. The van der Waals surface area contributed by atoms with Gasteiger partial charge in [0.2, 0.25) is 0 Å². The molecule has 0 aromatic heterocycles. The molecule has 1 unspecified atom stereocenters. The second-order valence-electron chi connectivity index (χ2n) is 5.47. The number of nitrogen functional groups attached to an aromatic ring is 1. The van der Waals surface area contributed by atoms with E-state index in [1.807, 2.05) is 13.0 Å². The van der Waals surface area contributed by atoms with Crippen molar-refractivity contribution >= 4 is 17.3 Å². The molecule has 4 N–H and O–H groups in total. The average molecular weight is 290 g/mol. The first kappa shape index (κ1) is 15.6. The molecule has 0 spiro atoms. The first-order valence-electron chi connectivity index (χ1n) is 7.81. The Morgan fingerprint density at radius 3 is 2.95 bits per heavy atom. The third-order valence-electron chi connectivity index (χ3n) is 4.06. The highest BCUT2D eigenvalue weighted by Gasteiger charge is 2.23. The number of nitrogens with zero attached hydrogens (tertiary/aromatic N) is 1. The fourth-order valence-corrected chi connectivity index (χ4v) is 2.93. The van der Waals surface area contributed by atoms with E-state index in [0.29, 0.717) is 23.8 Å². The number of nitrogens with two attached hydrogens (primary N) is 1. The Morgan fingerprint density at radius 1 is 1.43 bits per heavy atom. The summed E-state index contributed by atoms with van der Waals surface area (Å²) in [5, 5.41) is 6.26. The van der Waals surface area contributed by atoms with E-state index in [1.54, 1.807) is 12.1 Å². The van der Waals surface area contributed by atoms with Crippen molar-refractivity contribution in [2.75, 3.05) is 37.2 Å². The summed E-state index contributed by atoms with van der Waals surface area (Å²) in [5.41, 5.74) is 8.01. The van der Waals surface area contributed by atoms with Crippen molar-refractivity contribution in [3.05, 3.63) is 23.8 Å². The molecule has 1 atom stereocenters. The number of likely N-dealkylation sites (N-methyl/N-ethyl adjacent to an activating group) is 1. The molecular weight excluding hydrogens is 264 g/mol. The van der Waals surface area contributed by atoms with Gasteiger partial charge in [0.15, 0.2) is 0 Å². The summed E-state index contributed by atoms with van der Waals surface area (Å²) in [4.78, 5) is 14.6. The highest BCUT2D eigenvalue weighted by atomic mass is 16.1. The molecule has 0 saturated carbocycles. The van der Waals surface area contributed by atoms with Crippen molar-refractivity contribution in [2.45, 2.75) is 32.7 Å². The van der Waals surface area contributed by atoms with E-state index in [1.165, 1.54) is 19.4 Å². The van der Waals surface area contributed by atoms with Crippen molar-refractivity contribution in [3.63, 3.8) is 0 Å². The molecular formula is C16H26N4O. The third-order valence-corrected chi connectivity index (χ3v) is 4.06. The van der Waals surface area contributed by atoms with Crippen LogP contribution in [0.15, 0.2) is 18.2 Å².